The summed E-state index contributed by atoms with van der Waals surface area (Å²) >= 11 is 0. The summed E-state index contributed by atoms with van der Waals surface area (Å²) in [5.74, 6) is -0.345. The third-order valence-corrected chi connectivity index (χ3v) is 9.39. The van der Waals surface area contributed by atoms with Crippen LogP contribution in [0.5, 0.6) is 0 Å². The van der Waals surface area contributed by atoms with E-state index in [0.717, 1.165) is 64.8 Å². The first-order valence-corrected chi connectivity index (χ1v) is 15.4. The van der Waals surface area contributed by atoms with Crippen LogP contribution in [0.4, 0.5) is 4.79 Å². The lowest BCUT2D eigenvalue weighted by molar-refractivity contribution is -0.135. The Bertz CT molecular complexity index is 1670. The van der Waals surface area contributed by atoms with Crippen molar-refractivity contribution >= 4 is 39.5 Å². The Labute approximate surface area is 257 Å². The van der Waals surface area contributed by atoms with Crippen molar-refractivity contribution < 1.29 is 19.1 Å². The van der Waals surface area contributed by atoms with E-state index in [-0.39, 0.29) is 18.2 Å². The fourth-order valence-electron chi connectivity index (χ4n) is 7.13. The molecule has 1 saturated heterocycles. The van der Waals surface area contributed by atoms with Crippen LogP contribution < -0.4 is 16.4 Å². The Kier molecular flexibility index (Phi) is 8.74. The van der Waals surface area contributed by atoms with Gasteiger partial charge in [0, 0.05) is 30.7 Å². The molecule has 0 radical (unpaired) electrons. The van der Waals surface area contributed by atoms with Crippen LogP contribution >= 0.6 is 0 Å². The number of nitrogens with one attached hydrogen (secondary N) is 2. The number of hydrogen-bond acceptors (Lipinski definition) is 6. The van der Waals surface area contributed by atoms with E-state index >= 15 is 0 Å². The molecule has 5 atom stereocenters. The highest BCUT2D eigenvalue weighted by Gasteiger charge is 2.46. The average molecular weight is 594 g/mol. The first kappa shape index (κ1) is 29.6. The molecule has 0 spiro atoms. The van der Waals surface area contributed by atoms with Gasteiger partial charge in [0.05, 0.1) is 7.11 Å². The highest BCUT2D eigenvalue weighted by Crippen LogP contribution is 2.40. The summed E-state index contributed by atoms with van der Waals surface area (Å²) in [5.41, 5.74) is 8.19. The van der Waals surface area contributed by atoms with Crippen molar-refractivity contribution in [1.29, 1.82) is 0 Å². The number of fused-ring (bicyclic) bond motifs is 3. The van der Waals surface area contributed by atoms with Gasteiger partial charge in [0.15, 0.2) is 0 Å². The van der Waals surface area contributed by atoms with Crippen molar-refractivity contribution in [3.8, 4) is 0 Å². The summed E-state index contributed by atoms with van der Waals surface area (Å²) in [5, 5.41) is 10.00. The van der Waals surface area contributed by atoms with E-state index in [2.05, 4.69) is 15.6 Å². The van der Waals surface area contributed by atoms with Crippen LogP contribution in [0.25, 0.3) is 21.5 Å². The Balaban J connectivity index is 1.29. The van der Waals surface area contributed by atoms with Crippen LogP contribution in [0, 0.1) is 11.8 Å². The minimum Gasteiger partial charge on any atom is -0.453 e. The highest BCUT2D eigenvalue weighted by molar-refractivity contribution is 5.93. The van der Waals surface area contributed by atoms with E-state index in [0.29, 0.717) is 12.5 Å². The summed E-state index contributed by atoms with van der Waals surface area (Å²) in [7, 11) is 1.34. The van der Waals surface area contributed by atoms with Gasteiger partial charge >= 0.3 is 6.09 Å². The predicted octanol–water partition coefficient (Wildman–Crippen LogP) is 4.84. The predicted molar refractivity (Wildman–Crippen MR) is 169 cm³/mol. The second-order valence-corrected chi connectivity index (χ2v) is 12.0. The van der Waals surface area contributed by atoms with Crippen molar-refractivity contribution in [2.45, 2.75) is 56.8 Å². The summed E-state index contributed by atoms with van der Waals surface area (Å²) in [4.78, 5) is 46.7. The molecule has 3 amide bonds. The van der Waals surface area contributed by atoms with Gasteiger partial charge in [-0.05, 0) is 64.1 Å². The van der Waals surface area contributed by atoms with Gasteiger partial charge in [-0.1, -0.05) is 73.9 Å². The number of ether oxygens (including phenoxy) is 1. The van der Waals surface area contributed by atoms with Crippen molar-refractivity contribution in [3.05, 3.63) is 90.3 Å². The average Bonchev–Trinajstić information content (AvgIpc) is 3.06. The Morgan fingerprint density at radius 2 is 1.77 bits per heavy atom. The Morgan fingerprint density at radius 3 is 2.64 bits per heavy atom. The molecule has 9 nitrogen and oxygen atoms in total. The maximum Gasteiger partial charge on any atom is 0.410 e. The summed E-state index contributed by atoms with van der Waals surface area (Å²) in [6.07, 6.45) is 7.32. The van der Waals surface area contributed by atoms with Gasteiger partial charge in [-0.3, -0.25) is 19.5 Å². The summed E-state index contributed by atoms with van der Waals surface area (Å²) in [6.45, 7) is 0.453. The molecule has 6 rings (SSSR count). The van der Waals surface area contributed by atoms with E-state index in [1.165, 1.54) is 7.11 Å². The zero-order valence-corrected chi connectivity index (χ0v) is 24.9. The summed E-state index contributed by atoms with van der Waals surface area (Å²) < 4.78 is 5.09. The SMILES string of the molecule is COC(=O)N1CCC2CCCCC2C1C(=O)N[C@@H](Cc1cccc2ccccc12)C(=O)NC(N)c1ccc2cnccc2c1. The van der Waals surface area contributed by atoms with E-state index < -0.39 is 30.2 Å². The molecule has 2 aliphatic rings. The number of methoxy groups -OCH3 is 1. The van der Waals surface area contributed by atoms with Gasteiger partial charge in [0.1, 0.15) is 18.2 Å². The van der Waals surface area contributed by atoms with E-state index in [1.54, 1.807) is 17.3 Å². The number of pyridine rings is 1. The first-order valence-electron chi connectivity index (χ1n) is 15.4. The molecular formula is C35H39N5O4. The molecule has 0 bridgehead atoms. The maximum absolute atomic E-state index is 14.2. The lowest BCUT2D eigenvalue weighted by Gasteiger charge is -2.46. The van der Waals surface area contributed by atoms with Gasteiger partial charge < -0.3 is 21.1 Å². The number of carbonyl (C=O) groups excluding carboxylic acids is 3. The van der Waals surface area contributed by atoms with Gasteiger partial charge in [-0.15, -0.1) is 0 Å². The van der Waals surface area contributed by atoms with Gasteiger partial charge in [0.2, 0.25) is 11.8 Å². The van der Waals surface area contributed by atoms with Crippen LogP contribution in [0.15, 0.2) is 79.1 Å². The largest absolute Gasteiger partial charge is 0.453 e. The van der Waals surface area contributed by atoms with E-state index in [9.17, 15) is 14.4 Å². The normalized spacial score (nSPS) is 21.2. The molecule has 1 saturated carbocycles. The van der Waals surface area contributed by atoms with E-state index in [1.807, 2.05) is 66.7 Å². The van der Waals surface area contributed by atoms with Crippen molar-refractivity contribution in [2.24, 2.45) is 17.6 Å². The molecule has 1 aliphatic carbocycles. The standard InChI is InChI=1S/C35H39N5O4/c1-44-35(43)40-18-16-23-8-3-5-12-29(23)31(40)34(42)38-30(20-25-10-6-9-22-7-2-4-11-28(22)25)33(41)39-32(36)26-13-14-27-21-37-17-15-24(27)19-26/h2,4,6-7,9-11,13-15,17,19,21,23,29-32H,3,5,8,12,16,18,20,36H2,1H3,(H,38,42)(H,39,41)/t23?,29?,30-,31?,32?/m0/s1. The molecule has 4 N–H and O–H groups in total. The molecule has 1 aliphatic heterocycles. The van der Waals surface area contributed by atoms with Crippen LogP contribution in [0.3, 0.4) is 0 Å². The molecule has 4 unspecified atom stereocenters. The third-order valence-electron chi connectivity index (χ3n) is 9.39. The summed E-state index contributed by atoms with van der Waals surface area (Å²) in [6, 6.07) is 19.9. The van der Waals surface area contributed by atoms with Gasteiger partial charge in [-0.25, -0.2) is 4.79 Å². The topological polar surface area (TPSA) is 127 Å². The number of nitrogens with two attached hydrogens (primary N) is 1. The fourth-order valence-corrected chi connectivity index (χ4v) is 7.13. The Hall–Kier alpha value is -4.50. The second kappa shape index (κ2) is 13.0. The molecule has 4 aromatic rings. The number of nitrogens with zero attached hydrogens (tertiary/aromatic N) is 2. The zero-order chi connectivity index (χ0) is 30.6. The molecule has 44 heavy (non-hydrogen) atoms. The molecule has 228 valence electrons. The van der Waals surface area contributed by atoms with Crippen LogP contribution in [0.2, 0.25) is 0 Å². The Morgan fingerprint density at radius 1 is 0.955 bits per heavy atom. The number of rotatable bonds is 7. The molecule has 9 heteroatoms. The van der Waals surface area contributed by atoms with Gasteiger partial charge in [0.25, 0.3) is 0 Å². The minimum absolute atomic E-state index is 0.0206. The second-order valence-electron chi connectivity index (χ2n) is 12.0. The number of amides is 3. The number of benzene rings is 3. The van der Waals surface area contributed by atoms with Crippen LogP contribution in [-0.2, 0) is 20.7 Å². The van der Waals surface area contributed by atoms with Crippen molar-refractivity contribution in [3.63, 3.8) is 0 Å². The first-order chi connectivity index (χ1) is 21.4. The molecular weight excluding hydrogens is 554 g/mol. The molecule has 3 aromatic carbocycles. The molecule has 2 fully saturated rings. The lowest BCUT2D eigenvalue weighted by Crippen LogP contribution is -2.61. The van der Waals surface area contributed by atoms with E-state index in [4.69, 9.17) is 10.5 Å². The monoisotopic (exact) mass is 593 g/mol. The quantitative estimate of drug-likeness (QED) is 0.263. The van der Waals surface area contributed by atoms with Crippen molar-refractivity contribution in [1.82, 2.24) is 20.5 Å². The van der Waals surface area contributed by atoms with Crippen LogP contribution in [0.1, 0.15) is 49.4 Å². The molecule has 2 heterocycles. The van der Waals surface area contributed by atoms with Gasteiger partial charge in [-0.2, -0.15) is 0 Å². The number of aromatic nitrogens is 1. The number of hydrogen-bond donors (Lipinski definition) is 3. The lowest BCUT2D eigenvalue weighted by atomic mass is 9.70. The number of likely N-dealkylation sites (tertiary alicyclic amines) is 1. The maximum atomic E-state index is 14.2. The third kappa shape index (κ3) is 6.10. The number of piperidine rings is 1. The zero-order valence-electron chi connectivity index (χ0n) is 24.9. The minimum atomic E-state index is -0.924. The van der Waals surface area contributed by atoms with Crippen LogP contribution in [-0.4, -0.2) is 53.5 Å². The molecule has 1 aromatic heterocycles. The smallest absolute Gasteiger partial charge is 0.410 e. The highest BCUT2D eigenvalue weighted by atomic mass is 16.5. The number of carbonyl (C=O) groups is 3. The van der Waals surface area contributed by atoms with Crippen molar-refractivity contribution in [2.75, 3.05) is 13.7 Å². The fraction of sp³-hybridized carbons (Fsp3) is 0.371.